The van der Waals surface area contributed by atoms with E-state index < -0.39 is 11.4 Å². The van der Waals surface area contributed by atoms with Crippen LogP contribution in [0.25, 0.3) is 0 Å². The lowest BCUT2D eigenvalue weighted by Crippen LogP contribution is -2.46. The fourth-order valence-corrected chi connectivity index (χ4v) is 2.55. The SMILES string of the molecule is C=CC[C@]1(O)CCCC2(C1)OCCO2. The highest BCUT2D eigenvalue weighted by atomic mass is 16.7. The van der Waals surface area contributed by atoms with E-state index in [1.807, 2.05) is 0 Å². The highest BCUT2D eigenvalue weighted by molar-refractivity contribution is 4.96. The fraction of sp³-hybridized carbons (Fsp3) is 0.818. The topological polar surface area (TPSA) is 38.7 Å². The second kappa shape index (κ2) is 3.65. The standard InChI is InChI=1S/C11H18O3/c1-2-4-10(12)5-3-6-11(9-10)13-7-8-14-11/h2,12H,1,3-9H2/t10-/m0/s1. The molecule has 1 aliphatic carbocycles. The zero-order chi connectivity index (χ0) is 10.1. The van der Waals surface area contributed by atoms with Crippen LogP contribution < -0.4 is 0 Å². The summed E-state index contributed by atoms with van der Waals surface area (Å²) in [6.07, 6.45) is 5.69. The molecule has 1 aliphatic heterocycles. The normalized spacial score (nSPS) is 36.1. The Hall–Kier alpha value is -0.380. The summed E-state index contributed by atoms with van der Waals surface area (Å²) in [5.41, 5.74) is -0.662. The lowest BCUT2D eigenvalue weighted by Gasteiger charge is -2.41. The van der Waals surface area contributed by atoms with E-state index in [-0.39, 0.29) is 0 Å². The van der Waals surface area contributed by atoms with Gasteiger partial charge in [-0.1, -0.05) is 6.08 Å². The van der Waals surface area contributed by atoms with E-state index in [0.29, 0.717) is 26.1 Å². The number of aliphatic hydroxyl groups is 1. The van der Waals surface area contributed by atoms with Crippen LogP contribution in [0.1, 0.15) is 32.1 Å². The first kappa shape index (κ1) is 10.1. The average Bonchev–Trinajstić information content (AvgIpc) is 2.52. The van der Waals surface area contributed by atoms with Crippen LogP contribution in [0.5, 0.6) is 0 Å². The fourth-order valence-electron chi connectivity index (χ4n) is 2.55. The van der Waals surface area contributed by atoms with E-state index in [2.05, 4.69) is 6.58 Å². The summed E-state index contributed by atoms with van der Waals surface area (Å²) < 4.78 is 11.2. The Labute approximate surface area is 84.7 Å². The van der Waals surface area contributed by atoms with Gasteiger partial charge in [-0.25, -0.2) is 0 Å². The summed E-state index contributed by atoms with van der Waals surface area (Å²) in [4.78, 5) is 0. The van der Waals surface area contributed by atoms with Crippen molar-refractivity contribution in [2.24, 2.45) is 0 Å². The molecule has 0 amide bonds. The van der Waals surface area contributed by atoms with Crippen LogP contribution in [-0.2, 0) is 9.47 Å². The average molecular weight is 198 g/mol. The molecular weight excluding hydrogens is 180 g/mol. The van der Waals surface area contributed by atoms with Crippen LogP contribution in [0.15, 0.2) is 12.7 Å². The summed E-state index contributed by atoms with van der Waals surface area (Å²) >= 11 is 0. The van der Waals surface area contributed by atoms with E-state index in [4.69, 9.17) is 9.47 Å². The van der Waals surface area contributed by atoms with Crippen molar-refractivity contribution in [3.63, 3.8) is 0 Å². The molecule has 2 fully saturated rings. The van der Waals surface area contributed by atoms with Gasteiger partial charge in [-0.05, 0) is 19.3 Å². The van der Waals surface area contributed by atoms with E-state index >= 15 is 0 Å². The quantitative estimate of drug-likeness (QED) is 0.685. The second-order valence-corrected chi connectivity index (χ2v) is 4.36. The molecule has 1 spiro atoms. The highest BCUT2D eigenvalue weighted by Crippen LogP contribution is 2.42. The number of hydrogen-bond acceptors (Lipinski definition) is 3. The van der Waals surface area contributed by atoms with Crippen molar-refractivity contribution in [3.05, 3.63) is 12.7 Å². The van der Waals surface area contributed by atoms with Gasteiger partial charge < -0.3 is 14.6 Å². The zero-order valence-corrected chi connectivity index (χ0v) is 8.50. The predicted octanol–water partition coefficient (Wildman–Crippen LogP) is 1.61. The van der Waals surface area contributed by atoms with Crippen LogP contribution in [0.4, 0.5) is 0 Å². The van der Waals surface area contributed by atoms with Crippen LogP contribution in [0.3, 0.4) is 0 Å². The molecule has 0 aromatic heterocycles. The van der Waals surface area contributed by atoms with Gasteiger partial charge in [0.05, 0.1) is 18.8 Å². The van der Waals surface area contributed by atoms with Crippen molar-refractivity contribution in [2.75, 3.05) is 13.2 Å². The van der Waals surface area contributed by atoms with Gasteiger partial charge in [-0.15, -0.1) is 6.58 Å². The summed E-state index contributed by atoms with van der Waals surface area (Å²) in [6.45, 7) is 4.99. The molecule has 3 nitrogen and oxygen atoms in total. The van der Waals surface area contributed by atoms with Crippen LogP contribution in [0, 0.1) is 0 Å². The Morgan fingerprint density at radius 2 is 2.00 bits per heavy atom. The predicted molar refractivity (Wildman–Crippen MR) is 52.9 cm³/mol. The summed E-state index contributed by atoms with van der Waals surface area (Å²) in [7, 11) is 0. The van der Waals surface area contributed by atoms with Gasteiger partial charge in [0, 0.05) is 12.8 Å². The zero-order valence-electron chi connectivity index (χ0n) is 8.50. The molecule has 0 bridgehead atoms. The first-order chi connectivity index (χ1) is 6.68. The Balaban J connectivity index is 2.05. The lowest BCUT2D eigenvalue weighted by atomic mass is 9.79. The maximum Gasteiger partial charge on any atom is 0.171 e. The smallest absolute Gasteiger partial charge is 0.171 e. The first-order valence-corrected chi connectivity index (χ1v) is 5.29. The molecule has 0 radical (unpaired) electrons. The summed E-state index contributed by atoms with van der Waals surface area (Å²) in [5, 5.41) is 10.3. The number of rotatable bonds is 2. The third-order valence-electron chi connectivity index (χ3n) is 3.14. The van der Waals surface area contributed by atoms with Crippen LogP contribution in [0.2, 0.25) is 0 Å². The molecule has 80 valence electrons. The Morgan fingerprint density at radius 1 is 1.29 bits per heavy atom. The molecule has 3 heteroatoms. The Kier molecular flexibility index (Phi) is 2.64. The number of hydrogen-bond donors (Lipinski definition) is 1. The highest BCUT2D eigenvalue weighted by Gasteiger charge is 2.47. The van der Waals surface area contributed by atoms with Crippen molar-refractivity contribution >= 4 is 0 Å². The lowest BCUT2D eigenvalue weighted by molar-refractivity contribution is -0.216. The minimum Gasteiger partial charge on any atom is -0.389 e. The van der Waals surface area contributed by atoms with Gasteiger partial charge in [-0.2, -0.15) is 0 Å². The molecule has 14 heavy (non-hydrogen) atoms. The van der Waals surface area contributed by atoms with E-state index in [1.54, 1.807) is 6.08 Å². The first-order valence-electron chi connectivity index (χ1n) is 5.29. The molecule has 1 saturated heterocycles. The van der Waals surface area contributed by atoms with Gasteiger partial charge >= 0.3 is 0 Å². The van der Waals surface area contributed by atoms with E-state index in [9.17, 15) is 5.11 Å². The number of ether oxygens (including phenoxy) is 2. The molecule has 1 saturated carbocycles. The molecular formula is C11H18O3. The van der Waals surface area contributed by atoms with Gasteiger partial charge in [0.25, 0.3) is 0 Å². The summed E-state index contributed by atoms with van der Waals surface area (Å²) in [5.74, 6) is -0.490. The van der Waals surface area contributed by atoms with E-state index in [1.165, 1.54) is 0 Å². The van der Waals surface area contributed by atoms with Crippen LogP contribution in [-0.4, -0.2) is 29.7 Å². The van der Waals surface area contributed by atoms with Crippen molar-refractivity contribution in [3.8, 4) is 0 Å². The Morgan fingerprint density at radius 3 is 2.64 bits per heavy atom. The monoisotopic (exact) mass is 198 g/mol. The van der Waals surface area contributed by atoms with Crippen molar-refractivity contribution in [1.29, 1.82) is 0 Å². The maximum absolute atomic E-state index is 10.3. The molecule has 0 unspecified atom stereocenters. The van der Waals surface area contributed by atoms with Gasteiger partial charge in [0.15, 0.2) is 5.79 Å². The van der Waals surface area contributed by atoms with Crippen LogP contribution >= 0.6 is 0 Å². The van der Waals surface area contributed by atoms with Crippen molar-refractivity contribution in [2.45, 2.75) is 43.5 Å². The molecule has 2 aliphatic rings. The molecule has 1 N–H and O–H groups in total. The molecule has 2 rings (SSSR count). The molecule has 1 heterocycles. The maximum atomic E-state index is 10.3. The van der Waals surface area contributed by atoms with Crippen molar-refractivity contribution in [1.82, 2.24) is 0 Å². The minimum atomic E-state index is -0.662. The molecule has 0 aromatic carbocycles. The third kappa shape index (κ3) is 1.85. The van der Waals surface area contributed by atoms with Gasteiger partial charge in [0.1, 0.15) is 0 Å². The molecule has 1 atom stereocenters. The van der Waals surface area contributed by atoms with Gasteiger partial charge in [-0.3, -0.25) is 0 Å². The third-order valence-corrected chi connectivity index (χ3v) is 3.14. The van der Waals surface area contributed by atoms with E-state index in [0.717, 1.165) is 19.3 Å². The minimum absolute atomic E-state index is 0.490. The second-order valence-electron chi connectivity index (χ2n) is 4.36. The summed E-state index contributed by atoms with van der Waals surface area (Å²) in [6, 6.07) is 0. The van der Waals surface area contributed by atoms with Gasteiger partial charge in [0.2, 0.25) is 0 Å². The largest absolute Gasteiger partial charge is 0.389 e. The Bertz CT molecular complexity index is 221. The van der Waals surface area contributed by atoms with Crippen molar-refractivity contribution < 1.29 is 14.6 Å². The molecule has 0 aromatic rings.